The zero-order valence-electron chi connectivity index (χ0n) is 34.9. The molecule has 5 nitrogen and oxygen atoms in total. The Hall–Kier alpha value is -7.63. The van der Waals surface area contributed by atoms with Crippen molar-refractivity contribution in [2.45, 2.75) is 0 Å². The van der Waals surface area contributed by atoms with Gasteiger partial charge in [0.15, 0.2) is 11.6 Å². The van der Waals surface area contributed by atoms with Crippen LogP contribution in [0, 0.1) is 0 Å². The van der Waals surface area contributed by atoms with Crippen LogP contribution in [-0.2, 0) is 0 Å². The van der Waals surface area contributed by atoms with Gasteiger partial charge in [0, 0.05) is 38.2 Å². The van der Waals surface area contributed by atoms with Crippen LogP contribution in [0.25, 0.3) is 100 Å². The van der Waals surface area contributed by atoms with Gasteiger partial charge in [-0.2, -0.15) is 9.97 Å². The van der Waals surface area contributed by atoms with Crippen LogP contribution in [0.4, 0.5) is 0 Å². The summed E-state index contributed by atoms with van der Waals surface area (Å²) in [7, 11) is 0. The van der Waals surface area contributed by atoms with Gasteiger partial charge in [0.2, 0.25) is 5.95 Å². The molecule has 0 unspecified atom stereocenters. The molecule has 3 aromatic heterocycles. The Balaban J connectivity index is 1.28. The van der Waals surface area contributed by atoms with Gasteiger partial charge in [0.05, 0.1) is 34.6 Å². The molecule has 0 aliphatic heterocycles. The van der Waals surface area contributed by atoms with Gasteiger partial charge in [-0.25, -0.2) is 4.98 Å². The first kappa shape index (κ1) is 27.0. The van der Waals surface area contributed by atoms with E-state index in [0.717, 1.165) is 71.6 Å². The molecule has 0 radical (unpaired) electrons. The lowest BCUT2D eigenvalue weighted by Gasteiger charge is -2.17. The number of rotatable bonds is 6. The van der Waals surface area contributed by atoms with E-state index < -0.39 is 6.04 Å². The van der Waals surface area contributed by atoms with Crippen LogP contribution in [0.3, 0.4) is 0 Å². The van der Waals surface area contributed by atoms with E-state index in [2.05, 4.69) is 57.7 Å². The van der Waals surface area contributed by atoms with E-state index in [0.29, 0.717) is 23.2 Å². The van der Waals surface area contributed by atoms with E-state index in [4.69, 9.17) is 21.8 Å². The molecule has 0 N–H and O–H groups in total. The summed E-state index contributed by atoms with van der Waals surface area (Å²) in [6.45, 7) is 0. The van der Waals surface area contributed by atoms with Gasteiger partial charge in [-0.1, -0.05) is 176 Å². The Morgan fingerprint density at radius 3 is 1.46 bits per heavy atom. The van der Waals surface area contributed by atoms with Gasteiger partial charge in [0.25, 0.3) is 0 Å². The number of hydrogen-bond acceptors (Lipinski definition) is 3. The quantitative estimate of drug-likeness (QED) is 0.172. The molecule has 11 rings (SSSR count). The van der Waals surface area contributed by atoms with Crippen molar-refractivity contribution in [3.05, 3.63) is 200 Å². The Labute approximate surface area is 330 Å². The fourth-order valence-electron chi connectivity index (χ4n) is 7.99. The monoisotopic (exact) mass is 720 g/mol. The number of nitrogens with zero attached hydrogens (tertiary/aromatic N) is 5. The third kappa shape index (κ3) is 5.13. The summed E-state index contributed by atoms with van der Waals surface area (Å²) in [5.74, 6) is 1.58. The van der Waals surface area contributed by atoms with E-state index in [1.165, 1.54) is 0 Å². The van der Waals surface area contributed by atoms with Gasteiger partial charge in [0.1, 0.15) is 0 Å². The predicted octanol–water partition coefficient (Wildman–Crippen LogP) is 12.7. The summed E-state index contributed by atoms with van der Waals surface area (Å²) >= 11 is 0. The van der Waals surface area contributed by atoms with Gasteiger partial charge < -0.3 is 4.57 Å². The smallest absolute Gasteiger partial charge is 0.238 e. The maximum Gasteiger partial charge on any atom is 0.238 e. The van der Waals surface area contributed by atoms with E-state index >= 15 is 0 Å². The second-order valence-electron chi connectivity index (χ2n) is 13.7. The second kappa shape index (κ2) is 13.0. The zero-order valence-corrected chi connectivity index (χ0v) is 29.9. The Morgan fingerprint density at radius 2 is 0.875 bits per heavy atom. The molecule has 0 saturated carbocycles. The number of para-hydroxylation sites is 2. The van der Waals surface area contributed by atoms with Crippen molar-refractivity contribution in [3.8, 4) is 56.7 Å². The Morgan fingerprint density at radius 1 is 0.375 bits per heavy atom. The van der Waals surface area contributed by atoms with E-state index in [-0.39, 0.29) is 29.7 Å². The van der Waals surface area contributed by atoms with Crippen molar-refractivity contribution in [1.29, 1.82) is 0 Å². The maximum absolute atomic E-state index is 8.85. The molecule has 0 fully saturated rings. The lowest BCUT2D eigenvalue weighted by molar-refractivity contribution is 0.953. The van der Waals surface area contributed by atoms with Crippen molar-refractivity contribution in [3.63, 3.8) is 0 Å². The van der Waals surface area contributed by atoms with Gasteiger partial charge in [-0.3, -0.25) is 4.57 Å². The van der Waals surface area contributed by atoms with E-state index in [1.54, 1.807) is 0 Å². The first-order valence-corrected chi connectivity index (χ1v) is 18.5. The van der Waals surface area contributed by atoms with Crippen molar-refractivity contribution >= 4 is 43.6 Å². The number of hydrogen-bond donors (Lipinski definition) is 0. The van der Waals surface area contributed by atoms with Gasteiger partial charge in [-0.15, -0.1) is 0 Å². The average Bonchev–Trinajstić information content (AvgIpc) is 3.84. The van der Waals surface area contributed by atoms with Gasteiger partial charge >= 0.3 is 0 Å². The number of benzene rings is 8. The Kier molecular flexibility index (Phi) is 6.29. The second-order valence-corrected chi connectivity index (χ2v) is 13.7. The Bertz CT molecular complexity index is 3440. The molecule has 0 spiro atoms. The third-order valence-corrected chi connectivity index (χ3v) is 10.5. The van der Waals surface area contributed by atoms with Crippen LogP contribution in [-0.4, -0.2) is 24.1 Å². The average molecular weight is 721 g/mol. The molecule has 0 aliphatic rings. The highest BCUT2D eigenvalue weighted by Gasteiger charge is 2.24. The SMILES string of the molecule is [2H]c1c([2H])c([2H])c(-c2ccc(-n3c4ccccc4c4ccc5c6ccccc6n(-c6nc(-c7ccccc7)nc(-c7ccccc7)n6)c5c43)c(-c3ccccc3)c2)c([2H])c1[2H]. The highest BCUT2D eigenvalue weighted by molar-refractivity contribution is 6.24. The molecule has 0 amide bonds. The minimum absolute atomic E-state index is 0.151. The minimum Gasteiger partial charge on any atom is -0.307 e. The van der Waals surface area contributed by atoms with Crippen LogP contribution >= 0.6 is 0 Å². The number of fused-ring (bicyclic) bond motifs is 7. The molecule has 0 bridgehead atoms. The van der Waals surface area contributed by atoms with Crippen molar-refractivity contribution in [2.75, 3.05) is 0 Å². The molecule has 0 atom stereocenters. The van der Waals surface area contributed by atoms with Crippen LogP contribution in [0.2, 0.25) is 0 Å². The summed E-state index contributed by atoms with van der Waals surface area (Å²) < 4.78 is 47.3. The molecule has 0 saturated heterocycles. The summed E-state index contributed by atoms with van der Waals surface area (Å²) in [6, 6.07) is 55.1. The van der Waals surface area contributed by atoms with Crippen LogP contribution in [0.1, 0.15) is 6.85 Å². The largest absolute Gasteiger partial charge is 0.307 e. The summed E-state index contributed by atoms with van der Waals surface area (Å²) in [6.07, 6.45) is 0. The summed E-state index contributed by atoms with van der Waals surface area (Å²) in [5, 5.41) is 4.14. The summed E-state index contributed by atoms with van der Waals surface area (Å²) in [5.41, 5.74) is 8.75. The van der Waals surface area contributed by atoms with Crippen molar-refractivity contribution in [1.82, 2.24) is 24.1 Å². The molecule has 3 heterocycles. The van der Waals surface area contributed by atoms with Gasteiger partial charge in [-0.05, 0) is 41.0 Å². The van der Waals surface area contributed by atoms with Crippen LogP contribution < -0.4 is 0 Å². The number of aromatic nitrogens is 5. The molecule has 262 valence electrons. The lowest BCUT2D eigenvalue weighted by atomic mass is 9.97. The molecule has 11 aromatic rings. The fourth-order valence-corrected chi connectivity index (χ4v) is 7.99. The highest BCUT2D eigenvalue weighted by atomic mass is 15.2. The molecule has 56 heavy (non-hydrogen) atoms. The standard InChI is InChI=1S/C51H33N5/c1-5-17-34(18-6-1)38-29-32-46(43(33-38)35-19-7-2-8-20-35)55-44-27-15-13-25-39(44)41-30-31-42-40-26-14-16-28-45(40)56(48(42)47(41)55)51-53-49(36-21-9-3-10-22-36)52-50(54-51)37-23-11-4-12-24-37/h1-33H/i1D,5D,6D,17D,18D. The molecular weight excluding hydrogens is 683 g/mol. The third-order valence-electron chi connectivity index (χ3n) is 10.5. The van der Waals surface area contributed by atoms with E-state index in [1.807, 2.05) is 121 Å². The van der Waals surface area contributed by atoms with Crippen LogP contribution in [0.5, 0.6) is 0 Å². The predicted molar refractivity (Wildman–Crippen MR) is 230 cm³/mol. The first-order valence-electron chi connectivity index (χ1n) is 21.0. The first-order chi connectivity index (χ1) is 29.9. The highest BCUT2D eigenvalue weighted by Crippen LogP contribution is 2.43. The lowest BCUT2D eigenvalue weighted by Crippen LogP contribution is -2.07. The van der Waals surface area contributed by atoms with E-state index in [9.17, 15) is 0 Å². The zero-order chi connectivity index (χ0) is 41.4. The maximum atomic E-state index is 8.85. The molecule has 0 aliphatic carbocycles. The normalized spacial score (nSPS) is 12.8. The van der Waals surface area contributed by atoms with Crippen molar-refractivity contribution < 1.29 is 6.85 Å². The minimum atomic E-state index is -0.423. The summed E-state index contributed by atoms with van der Waals surface area (Å²) in [4.78, 5) is 15.5. The van der Waals surface area contributed by atoms with Crippen molar-refractivity contribution in [2.24, 2.45) is 0 Å². The molecule has 5 heteroatoms. The molecule has 8 aromatic carbocycles. The van der Waals surface area contributed by atoms with Crippen LogP contribution in [0.15, 0.2) is 200 Å². The topological polar surface area (TPSA) is 48.5 Å². The fraction of sp³-hybridized carbons (Fsp3) is 0. The molecular formula is C51H33N5.